The maximum absolute atomic E-state index is 11.2. The maximum Gasteiger partial charge on any atom is 0.237 e. The number of furan rings is 1. The van der Waals surface area contributed by atoms with Crippen molar-refractivity contribution >= 4 is 44.9 Å². The van der Waals surface area contributed by atoms with Crippen LogP contribution in [0.5, 0.6) is 0 Å². The van der Waals surface area contributed by atoms with Crippen molar-refractivity contribution < 1.29 is 13.7 Å². The van der Waals surface area contributed by atoms with Crippen molar-refractivity contribution in [2.45, 2.75) is 23.9 Å². The Morgan fingerprint density at radius 1 is 1.39 bits per heavy atom. The second-order valence-electron chi connectivity index (χ2n) is 5.58. The third-order valence-corrected chi connectivity index (χ3v) is 6.26. The number of carbonyl (C=O) groups is 1. The molecule has 0 bridgehead atoms. The molecule has 0 saturated carbocycles. The predicted octanol–water partition coefficient (Wildman–Crippen LogP) is 3.58. The van der Waals surface area contributed by atoms with E-state index in [9.17, 15) is 4.79 Å². The smallest absolute Gasteiger partial charge is 0.237 e. The molecule has 0 aliphatic rings. The van der Waals surface area contributed by atoms with E-state index >= 15 is 0 Å². The molecule has 4 rings (SSSR count). The van der Waals surface area contributed by atoms with E-state index in [2.05, 4.69) is 36.3 Å². The van der Waals surface area contributed by atoms with Gasteiger partial charge >= 0.3 is 0 Å². The van der Waals surface area contributed by atoms with Crippen LogP contribution in [-0.2, 0) is 17.1 Å². The third kappa shape index (κ3) is 4.18. The van der Waals surface area contributed by atoms with Gasteiger partial charge in [0.2, 0.25) is 17.6 Å². The number of carbonyl (C=O) groups excluding carboxylic acids is 1. The van der Waals surface area contributed by atoms with Crippen LogP contribution >= 0.6 is 39.0 Å². The largest absolute Gasteiger partial charge is 0.461 e. The fourth-order valence-electron chi connectivity index (χ4n) is 2.38. The zero-order valence-corrected chi connectivity index (χ0v) is 17.5. The molecule has 4 heterocycles. The first-order valence-corrected chi connectivity index (χ1v) is 10.7. The van der Waals surface area contributed by atoms with Gasteiger partial charge in [-0.1, -0.05) is 16.9 Å². The highest BCUT2D eigenvalue weighted by Gasteiger charge is 2.18. The lowest BCUT2D eigenvalue weighted by Gasteiger charge is -2.06. The number of hydrogen-bond acceptors (Lipinski definition) is 9. The number of halogens is 1. The van der Waals surface area contributed by atoms with Gasteiger partial charge in [-0.2, -0.15) is 4.98 Å². The fourth-order valence-corrected chi connectivity index (χ4v) is 4.53. The number of nitrogens with two attached hydrogens (primary N) is 1. The first kappa shape index (κ1) is 18.9. The van der Waals surface area contributed by atoms with Gasteiger partial charge in [-0.25, -0.2) is 0 Å². The van der Waals surface area contributed by atoms with Gasteiger partial charge in [-0.3, -0.25) is 9.36 Å². The molecule has 0 unspecified atom stereocenters. The Balaban J connectivity index is 1.51. The molecular weight excluding hydrogens is 468 g/mol. The summed E-state index contributed by atoms with van der Waals surface area (Å²) in [6.07, 6.45) is 1.72. The molecule has 0 radical (unpaired) electrons. The molecule has 0 aliphatic carbocycles. The van der Waals surface area contributed by atoms with Crippen molar-refractivity contribution in [3.63, 3.8) is 0 Å². The standard InChI is InChI=1S/C16H13BrN6O3S2/c17-9-6-11(27-7-9)14-19-13(26-22-14)8-28-16-21-20-15(10-2-1-5-25-10)23(16)4-3-12(18)24/h1-2,5-7H,3-4,8H2,(H2,18,24). The summed E-state index contributed by atoms with van der Waals surface area (Å²) in [4.78, 5) is 16.5. The third-order valence-electron chi connectivity index (χ3n) is 3.62. The number of hydrogen-bond donors (Lipinski definition) is 1. The Kier molecular flexibility index (Phi) is 5.59. The maximum atomic E-state index is 11.2. The highest BCUT2D eigenvalue weighted by Crippen LogP contribution is 2.30. The number of nitrogens with zero attached hydrogens (tertiary/aromatic N) is 5. The summed E-state index contributed by atoms with van der Waals surface area (Å²) in [5.74, 6) is 2.10. The fraction of sp³-hybridized carbons (Fsp3) is 0.188. The summed E-state index contributed by atoms with van der Waals surface area (Å²) in [6, 6.07) is 5.48. The molecule has 0 fully saturated rings. The van der Waals surface area contributed by atoms with E-state index in [4.69, 9.17) is 14.7 Å². The van der Waals surface area contributed by atoms with Crippen molar-refractivity contribution in [3.8, 4) is 22.3 Å². The van der Waals surface area contributed by atoms with Crippen molar-refractivity contribution in [2.75, 3.05) is 0 Å². The highest BCUT2D eigenvalue weighted by atomic mass is 79.9. The van der Waals surface area contributed by atoms with E-state index < -0.39 is 5.91 Å². The Morgan fingerprint density at radius 2 is 2.29 bits per heavy atom. The highest BCUT2D eigenvalue weighted by molar-refractivity contribution is 9.10. The lowest BCUT2D eigenvalue weighted by atomic mass is 10.3. The zero-order valence-electron chi connectivity index (χ0n) is 14.2. The molecule has 1 amide bonds. The molecule has 0 spiro atoms. The summed E-state index contributed by atoms with van der Waals surface area (Å²) in [5, 5.41) is 15.0. The second kappa shape index (κ2) is 8.29. The molecule has 0 saturated heterocycles. The van der Waals surface area contributed by atoms with Crippen LogP contribution in [-0.4, -0.2) is 30.8 Å². The minimum Gasteiger partial charge on any atom is -0.461 e. The molecule has 9 nitrogen and oxygen atoms in total. The summed E-state index contributed by atoms with van der Waals surface area (Å²) >= 11 is 6.31. The Bertz CT molecular complexity index is 1090. The van der Waals surface area contributed by atoms with Crippen LogP contribution in [0.2, 0.25) is 0 Å². The predicted molar refractivity (Wildman–Crippen MR) is 106 cm³/mol. The summed E-state index contributed by atoms with van der Waals surface area (Å²) in [7, 11) is 0. The lowest BCUT2D eigenvalue weighted by Crippen LogP contribution is -2.15. The number of amides is 1. The van der Waals surface area contributed by atoms with Crippen molar-refractivity contribution in [1.29, 1.82) is 0 Å². The monoisotopic (exact) mass is 480 g/mol. The molecule has 144 valence electrons. The van der Waals surface area contributed by atoms with Crippen LogP contribution in [0.25, 0.3) is 22.3 Å². The van der Waals surface area contributed by atoms with E-state index in [1.165, 1.54) is 23.1 Å². The summed E-state index contributed by atoms with van der Waals surface area (Å²) in [6.45, 7) is 0.346. The number of rotatable bonds is 8. The second-order valence-corrected chi connectivity index (χ2v) is 8.35. The zero-order chi connectivity index (χ0) is 19.5. The molecule has 2 N–H and O–H groups in total. The van der Waals surface area contributed by atoms with Crippen molar-refractivity contribution in [2.24, 2.45) is 5.73 Å². The van der Waals surface area contributed by atoms with E-state index in [1.54, 1.807) is 23.0 Å². The van der Waals surface area contributed by atoms with Gasteiger partial charge in [0, 0.05) is 22.8 Å². The molecular formula is C16H13BrN6O3S2. The molecule has 0 aliphatic heterocycles. The van der Waals surface area contributed by atoms with Gasteiger partial charge in [0.05, 0.1) is 16.9 Å². The quantitative estimate of drug-likeness (QED) is 0.379. The van der Waals surface area contributed by atoms with Gasteiger partial charge in [-0.05, 0) is 34.1 Å². The number of primary amides is 1. The number of thioether (sulfide) groups is 1. The van der Waals surface area contributed by atoms with Crippen LogP contribution in [0.1, 0.15) is 12.3 Å². The molecule has 28 heavy (non-hydrogen) atoms. The van der Waals surface area contributed by atoms with Gasteiger partial charge in [0.1, 0.15) is 0 Å². The Morgan fingerprint density at radius 3 is 3.00 bits per heavy atom. The van der Waals surface area contributed by atoms with Crippen LogP contribution in [0, 0.1) is 0 Å². The van der Waals surface area contributed by atoms with Crippen LogP contribution in [0.15, 0.2) is 48.4 Å². The Labute approximate surface area is 175 Å². The van der Waals surface area contributed by atoms with Gasteiger partial charge in [-0.15, -0.1) is 21.5 Å². The summed E-state index contributed by atoms with van der Waals surface area (Å²) < 4.78 is 13.5. The van der Waals surface area contributed by atoms with Gasteiger partial charge < -0.3 is 14.7 Å². The minimum atomic E-state index is -0.404. The van der Waals surface area contributed by atoms with Gasteiger partial charge in [0.15, 0.2) is 16.7 Å². The summed E-state index contributed by atoms with van der Waals surface area (Å²) in [5.41, 5.74) is 5.29. The van der Waals surface area contributed by atoms with E-state index in [0.29, 0.717) is 40.8 Å². The van der Waals surface area contributed by atoms with Crippen LogP contribution < -0.4 is 5.73 Å². The SMILES string of the molecule is NC(=O)CCn1c(SCc2nc(-c3cc(Br)cs3)no2)nnc1-c1ccco1. The van der Waals surface area contributed by atoms with Crippen LogP contribution in [0.4, 0.5) is 0 Å². The molecule has 4 aromatic rings. The van der Waals surface area contributed by atoms with Gasteiger partial charge in [0.25, 0.3) is 0 Å². The number of aromatic nitrogens is 5. The topological polar surface area (TPSA) is 126 Å². The minimum absolute atomic E-state index is 0.164. The van der Waals surface area contributed by atoms with E-state index in [1.807, 2.05) is 11.4 Å². The van der Waals surface area contributed by atoms with E-state index in [-0.39, 0.29) is 6.42 Å². The first-order valence-electron chi connectivity index (χ1n) is 8.05. The molecule has 12 heteroatoms. The van der Waals surface area contributed by atoms with Crippen molar-refractivity contribution in [1.82, 2.24) is 24.9 Å². The first-order chi connectivity index (χ1) is 13.6. The normalized spacial score (nSPS) is 11.2. The molecule has 0 atom stereocenters. The lowest BCUT2D eigenvalue weighted by molar-refractivity contribution is -0.118. The molecule has 0 aromatic carbocycles. The Hall–Kier alpha value is -2.44. The average molecular weight is 481 g/mol. The van der Waals surface area contributed by atoms with E-state index in [0.717, 1.165) is 9.35 Å². The van der Waals surface area contributed by atoms with Crippen LogP contribution in [0.3, 0.4) is 0 Å². The van der Waals surface area contributed by atoms with Crippen molar-refractivity contribution in [3.05, 3.63) is 40.2 Å². The molecule has 4 aromatic heterocycles. The average Bonchev–Trinajstić information content (AvgIpc) is 3.43. The number of thiophene rings is 1.